The summed E-state index contributed by atoms with van der Waals surface area (Å²) in [4.78, 5) is 14.4. The summed E-state index contributed by atoms with van der Waals surface area (Å²) in [6.07, 6.45) is 5.59. The minimum Gasteiger partial charge on any atom is -0.399 e. The van der Waals surface area contributed by atoms with Crippen molar-refractivity contribution >= 4 is 11.6 Å². The fourth-order valence-corrected chi connectivity index (χ4v) is 2.07. The van der Waals surface area contributed by atoms with Crippen LogP contribution in [0.2, 0.25) is 0 Å². The van der Waals surface area contributed by atoms with Crippen molar-refractivity contribution in [1.29, 1.82) is 0 Å². The van der Waals surface area contributed by atoms with E-state index in [1.165, 1.54) is 12.8 Å². The molecule has 1 aromatic rings. The standard InChI is InChI=1S/C16H26N2O/c1-3-5-7-12-18(11-6-4-2)16(19)14-9-8-10-15(17)13-14/h8-10,13H,3-7,11-12,17H2,1-2H3. The third-order valence-corrected chi connectivity index (χ3v) is 3.23. The number of anilines is 1. The Labute approximate surface area is 116 Å². The quantitative estimate of drug-likeness (QED) is 0.573. The number of unbranched alkanes of at least 4 members (excludes halogenated alkanes) is 3. The summed E-state index contributed by atoms with van der Waals surface area (Å²) in [5.74, 6) is 0.108. The molecule has 19 heavy (non-hydrogen) atoms. The Morgan fingerprint density at radius 1 is 1.11 bits per heavy atom. The number of nitrogen functional groups attached to an aromatic ring is 1. The number of rotatable bonds is 8. The predicted octanol–water partition coefficient (Wildman–Crippen LogP) is 3.70. The first-order chi connectivity index (χ1) is 9.19. The number of carbonyl (C=O) groups is 1. The molecule has 0 atom stereocenters. The molecule has 0 fully saturated rings. The van der Waals surface area contributed by atoms with Crippen molar-refractivity contribution in [3.63, 3.8) is 0 Å². The van der Waals surface area contributed by atoms with Gasteiger partial charge in [-0.25, -0.2) is 0 Å². The van der Waals surface area contributed by atoms with E-state index in [1.807, 2.05) is 23.1 Å². The molecule has 0 aromatic heterocycles. The van der Waals surface area contributed by atoms with Gasteiger partial charge in [-0.3, -0.25) is 4.79 Å². The second kappa shape index (κ2) is 8.57. The number of hydrogen-bond acceptors (Lipinski definition) is 2. The van der Waals surface area contributed by atoms with Crippen LogP contribution in [0.4, 0.5) is 5.69 Å². The zero-order chi connectivity index (χ0) is 14.1. The molecule has 0 spiro atoms. The van der Waals surface area contributed by atoms with E-state index < -0.39 is 0 Å². The van der Waals surface area contributed by atoms with Crippen LogP contribution in [0.5, 0.6) is 0 Å². The van der Waals surface area contributed by atoms with Gasteiger partial charge < -0.3 is 10.6 Å². The third-order valence-electron chi connectivity index (χ3n) is 3.23. The number of amides is 1. The van der Waals surface area contributed by atoms with Crippen molar-refractivity contribution in [2.75, 3.05) is 18.8 Å². The Hall–Kier alpha value is -1.51. The van der Waals surface area contributed by atoms with Gasteiger partial charge in [-0.15, -0.1) is 0 Å². The van der Waals surface area contributed by atoms with Gasteiger partial charge in [-0.05, 0) is 31.0 Å². The molecule has 2 N–H and O–H groups in total. The second-order valence-electron chi connectivity index (χ2n) is 4.98. The highest BCUT2D eigenvalue weighted by Crippen LogP contribution is 2.11. The van der Waals surface area contributed by atoms with Gasteiger partial charge in [0, 0.05) is 24.3 Å². The average Bonchev–Trinajstić information content (AvgIpc) is 2.42. The van der Waals surface area contributed by atoms with E-state index in [0.717, 1.165) is 32.4 Å². The van der Waals surface area contributed by atoms with Crippen molar-refractivity contribution in [2.45, 2.75) is 46.0 Å². The van der Waals surface area contributed by atoms with Crippen molar-refractivity contribution in [2.24, 2.45) is 0 Å². The molecule has 0 unspecified atom stereocenters. The summed E-state index contributed by atoms with van der Waals surface area (Å²) >= 11 is 0. The molecule has 3 nitrogen and oxygen atoms in total. The summed E-state index contributed by atoms with van der Waals surface area (Å²) in [5, 5.41) is 0. The topological polar surface area (TPSA) is 46.3 Å². The highest BCUT2D eigenvalue weighted by atomic mass is 16.2. The van der Waals surface area contributed by atoms with Crippen molar-refractivity contribution < 1.29 is 4.79 Å². The maximum Gasteiger partial charge on any atom is 0.253 e. The van der Waals surface area contributed by atoms with Crippen LogP contribution >= 0.6 is 0 Å². The van der Waals surface area contributed by atoms with Gasteiger partial charge in [-0.1, -0.05) is 39.2 Å². The Balaban J connectivity index is 2.69. The lowest BCUT2D eigenvalue weighted by atomic mass is 10.1. The number of hydrogen-bond donors (Lipinski definition) is 1. The normalized spacial score (nSPS) is 10.4. The van der Waals surface area contributed by atoms with Gasteiger partial charge in [0.15, 0.2) is 0 Å². The highest BCUT2D eigenvalue weighted by Gasteiger charge is 2.14. The van der Waals surface area contributed by atoms with E-state index in [2.05, 4.69) is 13.8 Å². The lowest BCUT2D eigenvalue weighted by molar-refractivity contribution is 0.0750. The van der Waals surface area contributed by atoms with Crippen LogP contribution in [-0.2, 0) is 0 Å². The fourth-order valence-electron chi connectivity index (χ4n) is 2.07. The van der Waals surface area contributed by atoms with Gasteiger partial charge in [0.1, 0.15) is 0 Å². The molecular weight excluding hydrogens is 236 g/mol. The lowest BCUT2D eigenvalue weighted by Gasteiger charge is -2.22. The predicted molar refractivity (Wildman–Crippen MR) is 81.2 cm³/mol. The summed E-state index contributed by atoms with van der Waals surface area (Å²) < 4.78 is 0. The van der Waals surface area contributed by atoms with Gasteiger partial charge in [-0.2, -0.15) is 0 Å². The van der Waals surface area contributed by atoms with Crippen LogP contribution < -0.4 is 5.73 Å². The molecular formula is C16H26N2O. The maximum absolute atomic E-state index is 12.5. The maximum atomic E-state index is 12.5. The molecule has 0 bridgehead atoms. The number of nitrogens with zero attached hydrogens (tertiary/aromatic N) is 1. The second-order valence-corrected chi connectivity index (χ2v) is 4.98. The van der Waals surface area contributed by atoms with Gasteiger partial charge in [0.05, 0.1) is 0 Å². The van der Waals surface area contributed by atoms with Gasteiger partial charge in [0.2, 0.25) is 0 Å². The largest absolute Gasteiger partial charge is 0.399 e. The van der Waals surface area contributed by atoms with E-state index in [0.29, 0.717) is 11.3 Å². The Morgan fingerprint density at radius 2 is 1.79 bits per heavy atom. The third kappa shape index (κ3) is 5.33. The molecule has 3 heteroatoms. The minimum absolute atomic E-state index is 0.108. The first-order valence-corrected chi connectivity index (χ1v) is 7.33. The molecule has 0 aliphatic rings. The van der Waals surface area contributed by atoms with E-state index in [4.69, 9.17) is 5.73 Å². The monoisotopic (exact) mass is 262 g/mol. The molecule has 1 rings (SSSR count). The average molecular weight is 262 g/mol. The smallest absolute Gasteiger partial charge is 0.253 e. The van der Waals surface area contributed by atoms with Gasteiger partial charge >= 0.3 is 0 Å². The van der Waals surface area contributed by atoms with E-state index in [1.54, 1.807) is 6.07 Å². The summed E-state index contributed by atoms with van der Waals surface area (Å²) in [6.45, 7) is 6.01. The fraction of sp³-hybridized carbons (Fsp3) is 0.562. The molecule has 1 amide bonds. The zero-order valence-electron chi connectivity index (χ0n) is 12.2. The molecule has 106 valence electrons. The van der Waals surface area contributed by atoms with Crippen LogP contribution in [0.15, 0.2) is 24.3 Å². The van der Waals surface area contributed by atoms with E-state index in [-0.39, 0.29) is 5.91 Å². The summed E-state index contributed by atoms with van der Waals surface area (Å²) in [5.41, 5.74) is 7.10. The van der Waals surface area contributed by atoms with Crippen LogP contribution in [0, 0.1) is 0 Å². The molecule has 0 saturated carbocycles. The molecule has 0 radical (unpaired) electrons. The Kier molecular flexibility index (Phi) is 7.01. The molecule has 0 aliphatic carbocycles. The number of carbonyl (C=O) groups excluding carboxylic acids is 1. The number of nitrogens with two attached hydrogens (primary N) is 1. The van der Waals surface area contributed by atoms with Crippen molar-refractivity contribution in [3.05, 3.63) is 29.8 Å². The van der Waals surface area contributed by atoms with Crippen LogP contribution in [0.1, 0.15) is 56.3 Å². The highest BCUT2D eigenvalue weighted by molar-refractivity contribution is 5.95. The zero-order valence-corrected chi connectivity index (χ0v) is 12.2. The molecule has 1 aromatic carbocycles. The van der Waals surface area contributed by atoms with Crippen LogP contribution in [-0.4, -0.2) is 23.9 Å². The molecule has 0 heterocycles. The first-order valence-electron chi connectivity index (χ1n) is 7.33. The minimum atomic E-state index is 0.108. The Bertz CT molecular complexity index is 390. The Morgan fingerprint density at radius 3 is 2.42 bits per heavy atom. The summed E-state index contributed by atoms with van der Waals surface area (Å²) in [6, 6.07) is 7.26. The SMILES string of the molecule is CCCCCN(CCCC)C(=O)c1cccc(N)c1. The molecule has 0 aliphatic heterocycles. The first kappa shape index (κ1) is 15.5. The van der Waals surface area contributed by atoms with E-state index in [9.17, 15) is 4.79 Å². The number of benzene rings is 1. The van der Waals surface area contributed by atoms with E-state index >= 15 is 0 Å². The van der Waals surface area contributed by atoms with Crippen molar-refractivity contribution in [1.82, 2.24) is 4.90 Å². The van der Waals surface area contributed by atoms with Crippen molar-refractivity contribution in [3.8, 4) is 0 Å². The van der Waals surface area contributed by atoms with Crippen LogP contribution in [0.25, 0.3) is 0 Å². The van der Waals surface area contributed by atoms with Crippen LogP contribution in [0.3, 0.4) is 0 Å². The molecule has 0 saturated heterocycles. The lowest BCUT2D eigenvalue weighted by Crippen LogP contribution is -2.33. The summed E-state index contributed by atoms with van der Waals surface area (Å²) in [7, 11) is 0. The van der Waals surface area contributed by atoms with Gasteiger partial charge in [0.25, 0.3) is 5.91 Å².